The average Bonchev–Trinajstić information content (AvgIpc) is 3.14. The maximum Gasteiger partial charge on any atom is 0.255 e. The van der Waals surface area contributed by atoms with Crippen molar-refractivity contribution in [2.24, 2.45) is 0 Å². The Kier molecular flexibility index (Phi) is 5.68. The van der Waals surface area contributed by atoms with Crippen LogP contribution in [0.4, 0.5) is 13.9 Å². The van der Waals surface area contributed by atoms with Crippen molar-refractivity contribution in [3.63, 3.8) is 0 Å². The van der Waals surface area contributed by atoms with E-state index in [4.69, 9.17) is 4.74 Å². The third-order valence-electron chi connectivity index (χ3n) is 3.19. The van der Waals surface area contributed by atoms with Gasteiger partial charge in [0.05, 0.1) is 18.8 Å². The van der Waals surface area contributed by atoms with Gasteiger partial charge in [-0.2, -0.15) is 0 Å². The first-order valence-electron chi connectivity index (χ1n) is 6.80. The summed E-state index contributed by atoms with van der Waals surface area (Å²) in [5, 5.41) is 3.99. The van der Waals surface area contributed by atoms with Crippen molar-refractivity contribution in [1.29, 1.82) is 0 Å². The molecule has 0 radical (unpaired) electrons. The monoisotopic (exact) mass is 305 g/mol. The van der Waals surface area contributed by atoms with Crippen molar-refractivity contribution >= 4 is 16.5 Å². The van der Waals surface area contributed by atoms with Crippen LogP contribution in [0.1, 0.15) is 29.3 Å². The molecule has 0 amide bonds. The Morgan fingerprint density at radius 3 is 2.85 bits per heavy atom. The lowest BCUT2D eigenvalue weighted by Crippen LogP contribution is -2.23. The zero-order chi connectivity index (χ0) is 14.5. The summed E-state index contributed by atoms with van der Waals surface area (Å²) >= 11 is 1.51. The molecule has 1 aliphatic rings. The van der Waals surface area contributed by atoms with E-state index < -0.39 is 6.43 Å². The van der Waals surface area contributed by atoms with Crippen LogP contribution < -0.4 is 10.2 Å². The Morgan fingerprint density at radius 2 is 2.25 bits per heavy atom. The number of anilines is 1. The third kappa shape index (κ3) is 4.36. The fourth-order valence-electron chi connectivity index (χ4n) is 1.98. The van der Waals surface area contributed by atoms with Crippen LogP contribution in [0.15, 0.2) is 0 Å². The van der Waals surface area contributed by atoms with Crippen LogP contribution >= 0.6 is 11.3 Å². The second-order valence-electron chi connectivity index (χ2n) is 5.02. The van der Waals surface area contributed by atoms with Gasteiger partial charge in [0.25, 0.3) is 6.43 Å². The Bertz CT molecular complexity index is 424. The van der Waals surface area contributed by atoms with Gasteiger partial charge in [-0.05, 0) is 12.8 Å². The van der Waals surface area contributed by atoms with Crippen LogP contribution in [-0.4, -0.2) is 45.3 Å². The first-order chi connectivity index (χ1) is 9.61. The standard InChI is InChI=1S/C13H21F2N3OS/c1-18(8-11(14)15)13-17-12(9-3-4-9)10(20-13)7-16-5-6-19-2/h9,11,16H,3-8H2,1-2H3. The minimum absolute atomic E-state index is 0.270. The molecule has 1 aromatic heterocycles. The van der Waals surface area contributed by atoms with E-state index in [-0.39, 0.29) is 6.54 Å². The quantitative estimate of drug-likeness (QED) is 0.711. The number of halogens is 2. The van der Waals surface area contributed by atoms with E-state index in [1.807, 2.05) is 0 Å². The lowest BCUT2D eigenvalue weighted by Gasteiger charge is -2.14. The number of thiazole rings is 1. The Balaban J connectivity index is 2.00. The summed E-state index contributed by atoms with van der Waals surface area (Å²) in [6.07, 6.45) is -0.0175. The molecule has 0 saturated heterocycles. The number of nitrogens with zero attached hydrogens (tertiary/aromatic N) is 2. The normalized spacial score (nSPS) is 15.1. The van der Waals surface area contributed by atoms with Crippen LogP contribution in [0.2, 0.25) is 0 Å². The molecule has 1 aromatic rings. The minimum Gasteiger partial charge on any atom is -0.383 e. The molecule has 1 N–H and O–H groups in total. The smallest absolute Gasteiger partial charge is 0.255 e. The zero-order valence-electron chi connectivity index (χ0n) is 11.9. The lowest BCUT2D eigenvalue weighted by atomic mass is 10.2. The molecular weight excluding hydrogens is 284 g/mol. The van der Waals surface area contributed by atoms with Gasteiger partial charge in [-0.25, -0.2) is 13.8 Å². The second-order valence-corrected chi connectivity index (χ2v) is 6.08. The summed E-state index contributed by atoms with van der Waals surface area (Å²) in [5.41, 5.74) is 1.09. The maximum absolute atomic E-state index is 12.4. The van der Waals surface area contributed by atoms with Gasteiger partial charge in [0.1, 0.15) is 0 Å². The van der Waals surface area contributed by atoms with E-state index >= 15 is 0 Å². The Hall–Kier alpha value is -0.790. The van der Waals surface area contributed by atoms with Crippen molar-refractivity contribution in [2.45, 2.75) is 31.7 Å². The molecule has 1 aliphatic carbocycles. The topological polar surface area (TPSA) is 37.4 Å². The fourth-order valence-corrected chi connectivity index (χ4v) is 3.06. The molecule has 1 fully saturated rings. The van der Waals surface area contributed by atoms with E-state index in [1.54, 1.807) is 19.1 Å². The molecule has 0 atom stereocenters. The van der Waals surface area contributed by atoms with E-state index in [0.29, 0.717) is 17.7 Å². The van der Waals surface area contributed by atoms with Crippen molar-refractivity contribution in [1.82, 2.24) is 10.3 Å². The maximum atomic E-state index is 12.4. The summed E-state index contributed by atoms with van der Waals surface area (Å²) in [6, 6.07) is 0. The number of aromatic nitrogens is 1. The molecule has 2 rings (SSSR count). The minimum atomic E-state index is -2.34. The van der Waals surface area contributed by atoms with Crippen LogP contribution in [0.25, 0.3) is 0 Å². The fraction of sp³-hybridized carbons (Fsp3) is 0.769. The Morgan fingerprint density at radius 1 is 1.50 bits per heavy atom. The van der Waals surface area contributed by atoms with E-state index in [2.05, 4.69) is 10.3 Å². The molecule has 0 spiro atoms. The van der Waals surface area contributed by atoms with E-state index in [0.717, 1.165) is 31.6 Å². The van der Waals surface area contributed by atoms with Crippen LogP contribution in [-0.2, 0) is 11.3 Å². The molecule has 114 valence electrons. The molecule has 1 saturated carbocycles. The average molecular weight is 305 g/mol. The van der Waals surface area contributed by atoms with Crippen molar-refractivity contribution in [3.8, 4) is 0 Å². The molecule has 0 bridgehead atoms. The van der Waals surface area contributed by atoms with Gasteiger partial charge in [0.2, 0.25) is 0 Å². The second kappa shape index (κ2) is 7.28. The summed E-state index contributed by atoms with van der Waals surface area (Å²) in [4.78, 5) is 7.27. The van der Waals surface area contributed by atoms with Gasteiger partial charge in [0.15, 0.2) is 5.13 Å². The summed E-state index contributed by atoms with van der Waals surface area (Å²) in [5.74, 6) is 0.527. The first-order valence-corrected chi connectivity index (χ1v) is 7.62. The number of hydrogen-bond donors (Lipinski definition) is 1. The van der Waals surface area contributed by atoms with Gasteiger partial charge in [0, 0.05) is 38.0 Å². The highest BCUT2D eigenvalue weighted by Gasteiger charge is 2.30. The number of hydrogen-bond acceptors (Lipinski definition) is 5. The predicted molar refractivity (Wildman–Crippen MR) is 76.9 cm³/mol. The van der Waals surface area contributed by atoms with Crippen molar-refractivity contribution in [3.05, 3.63) is 10.6 Å². The first kappa shape index (κ1) is 15.6. The van der Waals surface area contributed by atoms with Gasteiger partial charge >= 0.3 is 0 Å². The molecule has 0 unspecified atom stereocenters. The molecule has 4 nitrogen and oxygen atoms in total. The highest BCUT2D eigenvalue weighted by atomic mass is 32.1. The lowest BCUT2D eigenvalue weighted by molar-refractivity contribution is 0.156. The summed E-state index contributed by atoms with van der Waals surface area (Å²) in [7, 11) is 3.34. The largest absolute Gasteiger partial charge is 0.383 e. The highest BCUT2D eigenvalue weighted by molar-refractivity contribution is 7.15. The highest BCUT2D eigenvalue weighted by Crippen LogP contribution is 2.44. The molecule has 1 heterocycles. The van der Waals surface area contributed by atoms with Crippen molar-refractivity contribution < 1.29 is 13.5 Å². The summed E-state index contributed by atoms with van der Waals surface area (Å²) < 4.78 is 29.9. The Labute approximate surface area is 122 Å². The number of nitrogens with one attached hydrogen (secondary N) is 1. The summed E-state index contributed by atoms with van der Waals surface area (Å²) in [6.45, 7) is 1.90. The SMILES string of the molecule is COCCNCc1sc(N(C)CC(F)F)nc1C1CC1. The molecule has 7 heteroatoms. The van der Waals surface area contributed by atoms with Crippen LogP contribution in [0.5, 0.6) is 0 Å². The van der Waals surface area contributed by atoms with Gasteiger partial charge in [-0.1, -0.05) is 0 Å². The number of rotatable bonds is 9. The number of ether oxygens (including phenoxy) is 1. The molecule has 0 aromatic carbocycles. The predicted octanol–water partition coefficient (Wildman–Crippen LogP) is 2.46. The number of methoxy groups -OCH3 is 1. The molecule has 20 heavy (non-hydrogen) atoms. The van der Waals surface area contributed by atoms with Crippen LogP contribution in [0, 0.1) is 0 Å². The molecular formula is C13H21F2N3OS. The molecule has 0 aliphatic heterocycles. The van der Waals surface area contributed by atoms with Gasteiger partial charge in [-0.3, -0.25) is 0 Å². The van der Waals surface area contributed by atoms with Gasteiger partial charge < -0.3 is 15.0 Å². The van der Waals surface area contributed by atoms with Crippen LogP contribution in [0.3, 0.4) is 0 Å². The van der Waals surface area contributed by atoms with Gasteiger partial charge in [-0.15, -0.1) is 11.3 Å². The third-order valence-corrected chi connectivity index (χ3v) is 4.37. The zero-order valence-corrected chi connectivity index (χ0v) is 12.7. The van der Waals surface area contributed by atoms with Crippen molar-refractivity contribution in [2.75, 3.05) is 38.8 Å². The number of alkyl halides is 2. The van der Waals surface area contributed by atoms with E-state index in [1.165, 1.54) is 16.2 Å². The van der Waals surface area contributed by atoms with E-state index in [9.17, 15) is 8.78 Å².